The van der Waals surface area contributed by atoms with Crippen LogP contribution >= 0.6 is 0 Å². The standard InChI is InChI=1S/C12H19N3O5/c1-20-11(18)5-3-2-4-6-13-9(16)8-15-10(17)7-14-12(15)19/h2-8H2,1H3,(H,13,16)(H,14,19). The molecule has 0 radical (unpaired) electrons. The van der Waals surface area contributed by atoms with Gasteiger partial charge in [0.05, 0.1) is 13.7 Å². The number of carbonyl (C=O) groups is 4. The molecular formula is C12H19N3O5. The number of nitrogens with zero attached hydrogens (tertiary/aromatic N) is 1. The molecule has 1 rings (SSSR count). The van der Waals surface area contributed by atoms with Crippen molar-refractivity contribution < 1.29 is 23.9 Å². The van der Waals surface area contributed by atoms with Crippen LogP contribution in [0.1, 0.15) is 25.7 Å². The summed E-state index contributed by atoms with van der Waals surface area (Å²) in [6.07, 6.45) is 2.59. The first-order chi connectivity index (χ1) is 9.54. The fourth-order valence-corrected chi connectivity index (χ4v) is 1.72. The Balaban J connectivity index is 2.07. The lowest BCUT2D eigenvalue weighted by molar-refractivity contribution is -0.140. The molecule has 1 fully saturated rings. The van der Waals surface area contributed by atoms with Crippen LogP contribution < -0.4 is 10.6 Å². The third-order valence-corrected chi connectivity index (χ3v) is 2.85. The van der Waals surface area contributed by atoms with Crippen LogP contribution in [0.15, 0.2) is 0 Å². The van der Waals surface area contributed by atoms with E-state index in [9.17, 15) is 19.2 Å². The second-order valence-corrected chi connectivity index (χ2v) is 4.38. The topological polar surface area (TPSA) is 105 Å². The quantitative estimate of drug-likeness (QED) is 0.351. The Morgan fingerprint density at radius 2 is 2.05 bits per heavy atom. The van der Waals surface area contributed by atoms with E-state index in [-0.39, 0.29) is 25.0 Å². The van der Waals surface area contributed by atoms with E-state index < -0.39 is 11.9 Å². The van der Waals surface area contributed by atoms with E-state index in [0.29, 0.717) is 19.4 Å². The molecule has 4 amide bonds. The molecule has 0 aliphatic carbocycles. The van der Waals surface area contributed by atoms with Crippen LogP contribution in [-0.4, -0.2) is 55.5 Å². The number of rotatable bonds is 8. The van der Waals surface area contributed by atoms with Gasteiger partial charge in [-0.2, -0.15) is 0 Å². The SMILES string of the molecule is COC(=O)CCCCCNC(=O)CN1C(=O)CNC1=O. The number of carbonyl (C=O) groups excluding carboxylic acids is 4. The van der Waals surface area contributed by atoms with Gasteiger partial charge < -0.3 is 15.4 Å². The Kier molecular flexibility index (Phi) is 6.48. The van der Waals surface area contributed by atoms with Gasteiger partial charge in [0.15, 0.2) is 0 Å². The van der Waals surface area contributed by atoms with E-state index in [2.05, 4.69) is 15.4 Å². The summed E-state index contributed by atoms with van der Waals surface area (Å²) in [6.45, 7) is 0.135. The summed E-state index contributed by atoms with van der Waals surface area (Å²) < 4.78 is 4.51. The van der Waals surface area contributed by atoms with Gasteiger partial charge in [-0.05, 0) is 12.8 Å². The molecule has 20 heavy (non-hydrogen) atoms. The maximum absolute atomic E-state index is 11.5. The molecule has 2 N–H and O–H groups in total. The summed E-state index contributed by atoms with van der Waals surface area (Å²) in [5, 5.41) is 4.96. The maximum Gasteiger partial charge on any atom is 0.325 e. The van der Waals surface area contributed by atoms with Gasteiger partial charge in [-0.25, -0.2) is 4.79 Å². The Hall–Kier alpha value is -2.12. The van der Waals surface area contributed by atoms with E-state index in [1.54, 1.807) is 0 Å². The van der Waals surface area contributed by atoms with Gasteiger partial charge in [0.1, 0.15) is 6.54 Å². The zero-order valence-corrected chi connectivity index (χ0v) is 11.4. The zero-order valence-electron chi connectivity index (χ0n) is 11.4. The van der Waals surface area contributed by atoms with Crippen LogP contribution in [-0.2, 0) is 19.1 Å². The van der Waals surface area contributed by atoms with Crippen LogP contribution in [0, 0.1) is 0 Å². The summed E-state index contributed by atoms with van der Waals surface area (Å²) in [7, 11) is 1.35. The van der Waals surface area contributed by atoms with Crippen molar-refractivity contribution in [3.8, 4) is 0 Å². The summed E-state index contributed by atoms with van der Waals surface area (Å²) in [5.74, 6) is -1.01. The molecular weight excluding hydrogens is 266 g/mol. The predicted molar refractivity (Wildman–Crippen MR) is 68.6 cm³/mol. The van der Waals surface area contributed by atoms with Crippen LogP contribution in [0.25, 0.3) is 0 Å². The lowest BCUT2D eigenvalue weighted by Crippen LogP contribution is -2.41. The Morgan fingerprint density at radius 3 is 2.65 bits per heavy atom. The van der Waals surface area contributed by atoms with E-state index in [1.165, 1.54) is 7.11 Å². The summed E-state index contributed by atoms with van der Waals surface area (Å²) >= 11 is 0. The average Bonchev–Trinajstić information content (AvgIpc) is 2.74. The highest BCUT2D eigenvalue weighted by Crippen LogP contribution is 2.01. The average molecular weight is 285 g/mol. The molecule has 1 aliphatic rings. The van der Waals surface area contributed by atoms with Gasteiger partial charge in [0.25, 0.3) is 5.91 Å². The van der Waals surface area contributed by atoms with Crippen LogP contribution in [0.3, 0.4) is 0 Å². The summed E-state index contributed by atoms with van der Waals surface area (Å²) in [5.41, 5.74) is 0. The summed E-state index contributed by atoms with van der Waals surface area (Å²) in [4.78, 5) is 45.7. The van der Waals surface area contributed by atoms with E-state index >= 15 is 0 Å². The molecule has 1 heterocycles. The fraction of sp³-hybridized carbons (Fsp3) is 0.667. The van der Waals surface area contributed by atoms with Crippen LogP contribution in [0.5, 0.6) is 0 Å². The van der Waals surface area contributed by atoms with Gasteiger partial charge in [-0.1, -0.05) is 6.42 Å². The van der Waals surface area contributed by atoms with Crippen LogP contribution in [0.2, 0.25) is 0 Å². The minimum absolute atomic E-state index is 0.0559. The number of methoxy groups -OCH3 is 1. The first-order valence-corrected chi connectivity index (χ1v) is 6.46. The van der Waals surface area contributed by atoms with Gasteiger partial charge >= 0.3 is 12.0 Å². The number of esters is 1. The van der Waals surface area contributed by atoms with Crippen molar-refractivity contribution >= 4 is 23.8 Å². The molecule has 0 atom stereocenters. The normalized spacial score (nSPS) is 14.2. The first-order valence-electron chi connectivity index (χ1n) is 6.46. The molecule has 1 aliphatic heterocycles. The highest BCUT2D eigenvalue weighted by Gasteiger charge is 2.29. The van der Waals surface area contributed by atoms with Crippen molar-refractivity contribution in [1.82, 2.24) is 15.5 Å². The number of nitrogens with one attached hydrogen (secondary N) is 2. The van der Waals surface area contributed by atoms with Crippen molar-refractivity contribution in [3.63, 3.8) is 0 Å². The molecule has 112 valence electrons. The lowest BCUT2D eigenvalue weighted by atomic mass is 10.2. The van der Waals surface area contributed by atoms with Crippen molar-refractivity contribution in [3.05, 3.63) is 0 Å². The van der Waals surface area contributed by atoms with E-state index in [1.807, 2.05) is 0 Å². The largest absolute Gasteiger partial charge is 0.469 e. The van der Waals surface area contributed by atoms with Gasteiger partial charge in [0.2, 0.25) is 5.91 Å². The zero-order chi connectivity index (χ0) is 15.0. The smallest absolute Gasteiger partial charge is 0.325 e. The van der Waals surface area contributed by atoms with Crippen molar-refractivity contribution in [2.24, 2.45) is 0 Å². The number of amides is 4. The molecule has 1 saturated heterocycles. The minimum atomic E-state index is -0.539. The monoisotopic (exact) mass is 285 g/mol. The molecule has 0 aromatic carbocycles. The third-order valence-electron chi connectivity index (χ3n) is 2.85. The van der Waals surface area contributed by atoms with E-state index in [4.69, 9.17) is 0 Å². The third kappa shape index (κ3) is 5.25. The number of hydrogen-bond acceptors (Lipinski definition) is 5. The number of unbranched alkanes of at least 4 members (excludes halogenated alkanes) is 2. The van der Waals surface area contributed by atoms with Crippen LogP contribution in [0.4, 0.5) is 4.79 Å². The Bertz CT molecular complexity index is 381. The minimum Gasteiger partial charge on any atom is -0.469 e. The summed E-state index contributed by atoms with van der Waals surface area (Å²) in [6, 6.07) is -0.539. The Labute approximate surface area is 116 Å². The molecule has 0 aromatic rings. The van der Waals surface area contributed by atoms with E-state index in [0.717, 1.165) is 17.7 Å². The molecule has 0 aromatic heterocycles. The highest BCUT2D eigenvalue weighted by atomic mass is 16.5. The first kappa shape index (κ1) is 15.9. The maximum atomic E-state index is 11.5. The second-order valence-electron chi connectivity index (χ2n) is 4.38. The number of imide groups is 1. The number of hydrogen-bond donors (Lipinski definition) is 2. The van der Waals surface area contributed by atoms with Crippen molar-refractivity contribution in [2.45, 2.75) is 25.7 Å². The molecule has 0 saturated carbocycles. The molecule has 8 heteroatoms. The molecule has 0 bridgehead atoms. The number of urea groups is 1. The van der Waals surface area contributed by atoms with Gasteiger partial charge in [-0.3, -0.25) is 19.3 Å². The second kappa shape index (κ2) is 8.13. The van der Waals surface area contributed by atoms with Crippen molar-refractivity contribution in [2.75, 3.05) is 26.7 Å². The highest BCUT2D eigenvalue weighted by molar-refractivity contribution is 6.04. The predicted octanol–water partition coefficient (Wildman–Crippen LogP) is -0.612. The molecule has 8 nitrogen and oxygen atoms in total. The van der Waals surface area contributed by atoms with Gasteiger partial charge in [0, 0.05) is 13.0 Å². The fourth-order valence-electron chi connectivity index (χ4n) is 1.72. The lowest BCUT2D eigenvalue weighted by Gasteiger charge is -2.12. The molecule has 0 unspecified atom stereocenters. The van der Waals surface area contributed by atoms with Gasteiger partial charge in [-0.15, -0.1) is 0 Å². The number of ether oxygens (including phenoxy) is 1. The van der Waals surface area contributed by atoms with Crippen molar-refractivity contribution in [1.29, 1.82) is 0 Å². The Morgan fingerprint density at radius 1 is 1.30 bits per heavy atom. The molecule has 0 spiro atoms.